The van der Waals surface area contributed by atoms with Crippen molar-refractivity contribution in [3.63, 3.8) is 0 Å². The SMILES string of the molecule is CC1CCN(C(=O)C(C)Oc2ccc(F)cc2Br)C(CN)C1. The summed E-state index contributed by atoms with van der Waals surface area (Å²) in [6.07, 6.45) is 1.27. The zero-order valence-corrected chi connectivity index (χ0v) is 14.5. The Bertz CT molecular complexity index is 541. The number of rotatable bonds is 4. The Labute approximate surface area is 138 Å². The van der Waals surface area contributed by atoms with E-state index in [2.05, 4.69) is 22.9 Å². The number of carbonyl (C=O) groups excluding carboxylic acids is 1. The number of amides is 1. The van der Waals surface area contributed by atoms with Crippen LogP contribution in [-0.2, 0) is 4.79 Å². The highest BCUT2D eigenvalue weighted by Gasteiger charge is 2.32. The lowest BCUT2D eigenvalue weighted by atomic mass is 9.92. The summed E-state index contributed by atoms with van der Waals surface area (Å²) in [5.74, 6) is 0.613. The largest absolute Gasteiger partial charge is 0.480 e. The first-order valence-electron chi connectivity index (χ1n) is 7.54. The van der Waals surface area contributed by atoms with Crippen LogP contribution in [0.25, 0.3) is 0 Å². The number of hydrogen-bond acceptors (Lipinski definition) is 3. The molecule has 1 heterocycles. The van der Waals surface area contributed by atoms with E-state index in [0.717, 1.165) is 12.8 Å². The number of nitrogens with two attached hydrogens (primary N) is 1. The van der Waals surface area contributed by atoms with E-state index in [1.807, 2.05) is 4.90 Å². The molecule has 0 aliphatic carbocycles. The third-order valence-corrected chi connectivity index (χ3v) is 4.70. The van der Waals surface area contributed by atoms with Gasteiger partial charge in [0.2, 0.25) is 0 Å². The van der Waals surface area contributed by atoms with Crippen LogP contribution in [0.1, 0.15) is 26.7 Å². The van der Waals surface area contributed by atoms with Gasteiger partial charge in [-0.15, -0.1) is 0 Å². The Morgan fingerprint density at radius 2 is 2.32 bits per heavy atom. The van der Waals surface area contributed by atoms with E-state index in [0.29, 0.717) is 29.2 Å². The van der Waals surface area contributed by atoms with Crippen LogP contribution in [0.3, 0.4) is 0 Å². The van der Waals surface area contributed by atoms with Gasteiger partial charge in [-0.1, -0.05) is 6.92 Å². The molecule has 0 aromatic heterocycles. The summed E-state index contributed by atoms with van der Waals surface area (Å²) in [7, 11) is 0. The molecular formula is C16H22BrFN2O2. The standard InChI is InChI=1S/C16H22BrFN2O2/c1-10-5-6-20(13(7-10)9-19)16(21)11(2)22-15-4-3-12(18)8-14(15)17/h3-4,8,10-11,13H,5-7,9,19H2,1-2H3. The van der Waals surface area contributed by atoms with Crippen molar-refractivity contribution in [3.05, 3.63) is 28.5 Å². The number of carbonyl (C=O) groups is 1. The van der Waals surface area contributed by atoms with Gasteiger partial charge in [-0.3, -0.25) is 4.79 Å². The van der Waals surface area contributed by atoms with Gasteiger partial charge in [-0.05, 0) is 59.8 Å². The molecule has 1 aliphatic heterocycles. The average Bonchev–Trinajstić information content (AvgIpc) is 2.49. The maximum absolute atomic E-state index is 13.1. The molecule has 1 saturated heterocycles. The van der Waals surface area contributed by atoms with Gasteiger partial charge < -0.3 is 15.4 Å². The normalized spacial score (nSPS) is 23.2. The quantitative estimate of drug-likeness (QED) is 0.883. The summed E-state index contributed by atoms with van der Waals surface area (Å²) in [5, 5.41) is 0. The van der Waals surface area contributed by atoms with Gasteiger partial charge in [-0.25, -0.2) is 4.39 Å². The number of hydrogen-bond donors (Lipinski definition) is 1. The Morgan fingerprint density at radius 3 is 2.95 bits per heavy atom. The van der Waals surface area contributed by atoms with E-state index < -0.39 is 6.10 Å². The molecule has 1 fully saturated rings. The number of nitrogens with zero attached hydrogens (tertiary/aromatic N) is 1. The molecule has 3 unspecified atom stereocenters. The van der Waals surface area contributed by atoms with Crippen LogP contribution in [0.5, 0.6) is 5.75 Å². The topological polar surface area (TPSA) is 55.6 Å². The number of halogens is 2. The maximum Gasteiger partial charge on any atom is 0.263 e. The lowest BCUT2D eigenvalue weighted by Gasteiger charge is -2.39. The van der Waals surface area contributed by atoms with E-state index in [-0.39, 0.29) is 17.8 Å². The molecule has 0 bridgehead atoms. The minimum Gasteiger partial charge on any atom is -0.480 e. The van der Waals surface area contributed by atoms with Gasteiger partial charge in [0.15, 0.2) is 6.10 Å². The molecular weight excluding hydrogens is 351 g/mol. The highest BCUT2D eigenvalue weighted by atomic mass is 79.9. The van der Waals surface area contributed by atoms with Crippen molar-refractivity contribution in [1.82, 2.24) is 4.90 Å². The number of piperidine rings is 1. The predicted molar refractivity (Wildman–Crippen MR) is 87.1 cm³/mol. The van der Waals surface area contributed by atoms with E-state index in [4.69, 9.17) is 10.5 Å². The Kier molecular flexibility index (Phi) is 5.81. The molecule has 0 radical (unpaired) electrons. The van der Waals surface area contributed by atoms with Gasteiger partial charge >= 0.3 is 0 Å². The molecule has 1 amide bonds. The number of benzene rings is 1. The summed E-state index contributed by atoms with van der Waals surface area (Å²) < 4.78 is 19.3. The minimum absolute atomic E-state index is 0.0685. The fourth-order valence-corrected chi connectivity index (χ4v) is 3.25. The molecule has 2 N–H and O–H groups in total. The van der Waals surface area contributed by atoms with Crippen LogP contribution in [-0.4, -0.2) is 36.0 Å². The van der Waals surface area contributed by atoms with Crippen molar-refractivity contribution in [2.24, 2.45) is 11.7 Å². The molecule has 1 aromatic carbocycles. The van der Waals surface area contributed by atoms with Crippen LogP contribution in [0.15, 0.2) is 22.7 Å². The second-order valence-electron chi connectivity index (χ2n) is 5.89. The van der Waals surface area contributed by atoms with Crippen LogP contribution >= 0.6 is 15.9 Å². The highest BCUT2D eigenvalue weighted by molar-refractivity contribution is 9.10. The number of likely N-dealkylation sites (tertiary alicyclic amines) is 1. The molecule has 122 valence electrons. The van der Waals surface area contributed by atoms with Crippen molar-refractivity contribution < 1.29 is 13.9 Å². The zero-order valence-electron chi connectivity index (χ0n) is 12.9. The van der Waals surface area contributed by atoms with Gasteiger partial charge in [0.1, 0.15) is 11.6 Å². The number of ether oxygens (including phenoxy) is 1. The molecule has 6 heteroatoms. The van der Waals surface area contributed by atoms with Crippen LogP contribution in [0, 0.1) is 11.7 Å². The van der Waals surface area contributed by atoms with Gasteiger partial charge in [0, 0.05) is 19.1 Å². The minimum atomic E-state index is -0.635. The van der Waals surface area contributed by atoms with Crippen LogP contribution in [0.2, 0.25) is 0 Å². The van der Waals surface area contributed by atoms with Crippen molar-refractivity contribution in [3.8, 4) is 5.75 Å². The summed E-state index contributed by atoms with van der Waals surface area (Å²) in [6.45, 7) is 5.06. The lowest BCUT2D eigenvalue weighted by Crippen LogP contribution is -2.52. The molecule has 4 nitrogen and oxygen atoms in total. The first-order chi connectivity index (χ1) is 10.4. The monoisotopic (exact) mass is 372 g/mol. The maximum atomic E-state index is 13.1. The average molecular weight is 373 g/mol. The Hall–Kier alpha value is -1.14. The fraction of sp³-hybridized carbons (Fsp3) is 0.562. The van der Waals surface area contributed by atoms with Crippen LogP contribution < -0.4 is 10.5 Å². The van der Waals surface area contributed by atoms with E-state index in [9.17, 15) is 9.18 Å². The summed E-state index contributed by atoms with van der Waals surface area (Å²) in [5.41, 5.74) is 5.80. The van der Waals surface area contributed by atoms with Crippen molar-refractivity contribution >= 4 is 21.8 Å². The van der Waals surface area contributed by atoms with E-state index >= 15 is 0 Å². The smallest absolute Gasteiger partial charge is 0.263 e. The first-order valence-corrected chi connectivity index (χ1v) is 8.34. The first kappa shape index (κ1) is 17.2. The van der Waals surface area contributed by atoms with Gasteiger partial charge in [-0.2, -0.15) is 0 Å². The molecule has 1 aliphatic rings. The molecule has 22 heavy (non-hydrogen) atoms. The van der Waals surface area contributed by atoms with Crippen molar-refractivity contribution in [1.29, 1.82) is 0 Å². The lowest BCUT2D eigenvalue weighted by molar-refractivity contribution is -0.142. The van der Waals surface area contributed by atoms with Crippen molar-refractivity contribution in [2.75, 3.05) is 13.1 Å². The summed E-state index contributed by atoms with van der Waals surface area (Å²) in [6, 6.07) is 4.21. The Balaban J connectivity index is 2.05. The van der Waals surface area contributed by atoms with Crippen molar-refractivity contribution in [2.45, 2.75) is 38.8 Å². The second kappa shape index (κ2) is 7.42. The zero-order chi connectivity index (χ0) is 16.3. The van der Waals surface area contributed by atoms with Gasteiger partial charge in [0.05, 0.1) is 4.47 Å². The van der Waals surface area contributed by atoms with Gasteiger partial charge in [0.25, 0.3) is 5.91 Å². The highest BCUT2D eigenvalue weighted by Crippen LogP contribution is 2.28. The molecule has 0 saturated carbocycles. The second-order valence-corrected chi connectivity index (χ2v) is 6.74. The Morgan fingerprint density at radius 1 is 1.59 bits per heavy atom. The molecule has 0 spiro atoms. The van der Waals surface area contributed by atoms with E-state index in [1.54, 1.807) is 6.92 Å². The third-order valence-electron chi connectivity index (χ3n) is 4.08. The molecule has 1 aromatic rings. The molecule has 3 atom stereocenters. The predicted octanol–water partition coefficient (Wildman–Crippen LogP) is 2.94. The molecule has 2 rings (SSSR count). The fourth-order valence-electron chi connectivity index (χ4n) is 2.81. The summed E-state index contributed by atoms with van der Waals surface area (Å²) in [4.78, 5) is 14.4. The third kappa shape index (κ3) is 3.98. The van der Waals surface area contributed by atoms with Crippen LogP contribution in [0.4, 0.5) is 4.39 Å². The van der Waals surface area contributed by atoms with E-state index in [1.165, 1.54) is 18.2 Å². The summed E-state index contributed by atoms with van der Waals surface area (Å²) >= 11 is 3.24.